The van der Waals surface area contributed by atoms with Crippen molar-refractivity contribution < 1.29 is 18.7 Å². The molecule has 0 spiro atoms. The summed E-state index contributed by atoms with van der Waals surface area (Å²) < 4.78 is 26.2. The van der Waals surface area contributed by atoms with E-state index in [1.54, 1.807) is 13.8 Å². The smallest absolute Gasteiger partial charge is 0.339 e. The molecule has 3 nitrogen and oxygen atoms in total. The molecule has 0 N–H and O–H groups in total. The molecule has 1 aliphatic heterocycles. The van der Waals surface area contributed by atoms with Gasteiger partial charge < -0.3 is 9.47 Å². The predicted molar refractivity (Wildman–Crippen MR) is 90.1 cm³/mol. The first kappa shape index (κ1) is 19.4. The fraction of sp³-hybridized carbons (Fsp3) is 0.824. The summed E-state index contributed by atoms with van der Waals surface area (Å²) in [6.45, 7) is 13.9. The average molecular weight is 331 g/mol. The molecular weight excluding hydrogens is 299 g/mol. The van der Waals surface area contributed by atoms with Crippen LogP contribution in [0.4, 0.5) is 4.39 Å². The van der Waals surface area contributed by atoms with Crippen molar-refractivity contribution in [2.24, 2.45) is 5.92 Å². The predicted octanol–water partition coefficient (Wildman–Crippen LogP) is 4.63. The molecule has 0 aromatic carbocycles. The van der Waals surface area contributed by atoms with E-state index in [-0.39, 0.29) is 30.4 Å². The van der Waals surface area contributed by atoms with E-state index < -0.39 is 20.1 Å². The molecule has 1 aliphatic rings. The van der Waals surface area contributed by atoms with E-state index in [4.69, 9.17) is 9.47 Å². The van der Waals surface area contributed by atoms with E-state index in [9.17, 15) is 9.18 Å². The Balaban J connectivity index is 3.15. The highest BCUT2D eigenvalue weighted by Gasteiger charge is 2.43. The first-order valence-corrected chi connectivity index (χ1v) is 11.9. The Morgan fingerprint density at radius 1 is 1.32 bits per heavy atom. The monoisotopic (exact) mass is 330 g/mol. The van der Waals surface area contributed by atoms with E-state index in [0.717, 1.165) is 12.8 Å². The molecule has 0 fully saturated rings. The first-order chi connectivity index (χ1) is 10.1. The van der Waals surface area contributed by atoms with Crippen molar-refractivity contribution in [1.82, 2.24) is 0 Å². The Kier molecular flexibility index (Phi) is 6.80. The van der Waals surface area contributed by atoms with Crippen molar-refractivity contribution >= 4 is 14.0 Å². The molecule has 0 aromatic heterocycles. The van der Waals surface area contributed by atoms with Gasteiger partial charge in [-0.15, -0.1) is 0 Å². The summed E-state index contributed by atoms with van der Waals surface area (Å²) in [5, 5.41) is 0.570. The SMILES string of the molecule is CCC(CC)[C@@H]1CC(F)=C([Si](C)(C)C)[C@@H](C(=O)OC(C)C)O1. The van der Waals surface area contributed by atoms with Crippen molar-refractivity contribution in [2.45, 2.75) is 84.9 Å². The minimum absolute atomic E-state index is 0.145. The lowest BCUT2D eigenvalue weighted by atomic mass is 9.92. The van der Waals surface area contributed by atoms with Crippen LogP contribution in [0.1, 0.15) is 47.0 Å². The summed E-state index contributed by atoms with van der Waals surface area (Å²) in [4.78, 5) is 12.4. The zero-order valence-electron chi connectivity index (χ0n) is 15.0. The van der Waals surface area contributed by atoms with Gasteiger partial charge in [0.2, 0.25) is 0 Å². The minimum Gasteiger partial charge on any atom is -0.461 e. The number of esters is 1. The summed E-state index contributed by atoms with van der Waals surface area (Å²) >= 11 is 0. The van der Waals surface area contributed by atoms with Crippen LogP contribution in [0.25, 0.3) is 0 Å². The molecule has 0 aromatic rings. The molecule has 0 amide bonds. The highest BCUT2D eigenvalue weighted by molar-refractivity contribution is 6.83. The van der Waals surface area contributed by atoms with Gasteiger partial charge in [0.15, 0.2) is 6.10 Å². The number of hydrogen-bond donors (Lipinski definition) is 0. The Morgan fingerprint density at radius 3 is 2.27 bits per heavy atom. The summed E-state index contributed by atoms with van der Waals surface area (Å²) in [6.07, 6.45) is 0.798. The van der Waals surface area contributed by atoms with Crippen LogP contribution in [0.5, 0.6) is 0 Å². The second-order valence-corrected chi connectivity index (χ2v) is 12.4. The highest BCUT2D eigenvalue weighted by Crippen LogP contribution is 2.37. The number of hydrogen-bond acceptors (Lipinski definition) is 3. The molecule has 0 saturated carbocycles. The van der Waals surface area contributed by atoms with Crippen molar-refractivity contribution in [3.8, 4) is 0 Å². The highest BCUT2D eigenvalue weighted by atomic mass is 28.3. The van der Waals surface area contributed by atoms with Crippen molar-refractivity contribution in [1.29, 1.82) is 0 Å². The Labute approximate surface area is 135 Å². The lowest BCUT2D eigenvalue weighted by Crippen LogP contribution is -2.47. The van der Waals surface area contributed by atoms with E-state index in [0.29, 0.717) is 5.20 Å². The normalized spacial score (nSPS) is 23.4. The zero-order chi connectivity index (χ0) is 17.1. The van der Waals surface area contributed by atoms with Gasteiger partial charge in [0.05, 0.1) is 20.3 Å². The standard InChI is InChI=1S/C17H31FO3Si/c1-8-12(9-2)14-10-13(18)16(22(5,6)7)15(21-14)17(19)20-11(3)4/h11-12,14-15H,8-10H2,1-7H3/t14-,15-/m0/s1. The fourth-order valence-corrected chi connectivity index (χ4v) is 4.97. The zero-order valence-corrected chi connectivity index (χ0v) is 16.0. The van der Waals surface area contributed by atoms with Crippen LogP contribution >= 0.6 is 0 Å². The van der Waals surface area contributed by atoms with Gasteiger partial charge in [-0.05, 0) is 25.0 Å². The average Bonchev–Trinajstić information content (AvgIpc) is 2.37. The molecular formula is C17H31FO3Si. The van der Waals surface area contributed by atoms with Crippen LogP contribution in [0.2, 0.25) is 19.6 Å². The molecule has 1 heterocycles. The van der Waals surface area contributed by atoms with Gasteiger partial charge in [-0.1, -0.05) is 46.3 Å². The lowest BCUT2D eigenvalue weighted by molar-refractivity contribution is -0.165. The van der Waals surface area contributed by atoms with Crippen LogP contribution in [0, 0.1) is 5.92 Å². The largest absolute Gasteiger partial charge is 0.461 e. The van der Waals surface area contributed by atoms with Crippen LogP contribution < -0.4 is 0 Å². The fourth-order valence-electron chi connectivity index (χ4n) is 3.08. The maximum absolute atomic E-state index is 14.8. The maximum atomic E-state index is 14.8. The molecule has 5 heteroatoms. The molecule has 1 rings (SSSR count). The Bertz CT molecular complexity index is 422. The molecule has 0 unspecified atom stereocenters. The van der Waals surface area contributed by atoms with Gasteiger partial charge in [0, 0.05) is 6.42 Å². The molecule has 0 aliphatic carbocycles. The third-order valence-electron chi connectivity index (χ3n) is 4.19. The molecule has 22 heavy (non-hydrogen) atoms. The summed E-state index contributed by atoms with van der Waals surface area (Å²) in [6, 6.07) is 0. The van der Waals surface area contributed by atoms with Gasteiger partial charge in [0.1, 0.15) is 5.83 Å². The molecule has 2 atom stereocenters. The van der Waals surface area contributed by atoms with Crippen molar-refractivity contribution in [3.63, 3.8) is 0 Å². The third-order valence-corrected chi connectivity index (χ3v) is 6.34. The van der Waals surface area contributed by atoms with E-state index in [1.165, 1.54) is 0 Å². The molecule has 0 saturated heterocycles. The van der Waals surface area contributed by atoms with Gasteiger partial charge in [-0.3, -0.25) is 0 Å². The topological polar surface area (TPSA) is 35.5 Å². The lowest BCUT2D eigenvalue weighted by Gasteiger charge is -2.38. The van der Waals surface area contributed by atoms with E-state index >= 15 is 0 Å². The number of halogens is 1. The molecule has 0 radical (unpaired) electrons. The van der Waals surface area contributed by atoms with Crippen LogP contribution in [0.3, 0.4) is 0 Å². The van der Waals surface area contributed by atoms with Crippen molar-refractivity contribution in [3.05, 3.63) is 11.0 Å². The quantitative estimate of drug-likeness (QED) is 0.526. The summed E-state index contributed by atoms with van der Waals surface area (Å²) in [5.41, 5.74) is 0. The van der Waals surface area contributed by atoms with Crippen LogP contribution in [0.15, 0.2) is 11.0 Å². The minimum atomic E-state index is -2.00. The van der Waals surface area contributed by atoms with E-state index in [2.05, 4.69) is 13.8 Å². The Morgan fingerprint density at radius 2 is 1.86 bits per heavy atom. The van der Waals surface area contributed by atoms with E-state index in [1.807, 2.05) is 19.6 Å². The molecule has 128 valence electrons. The Hall–Kier alpha value is -0.683. The van der Waals surface area contributed by atoms with Crippen LogP contribution in [-0.4, -0.2) is 32.4 Å². The first-order valence-electron chi connectivity index (χ1n) is 8.36. The maximum Gasteiger partial charge on any atom is 0.339 e. The van der Waals surface area contributed by atoms with Gasteiger partial charge in [-0.2, -0.15) is 0 Å². The van der Waals surface area contributed by atoms with Crippen LogP contribution in [-0.2, 0) is 14.3 Å². The van der Waals surface area contributed by atoms with Gasteiger partial charge in [-0.25, -0.2) is 9.18 Å². The van der Waals surface area contributed by atoms with Gasteiger partial charge >= 0.3 is 5.97 Å². The van der Waals surface area contributed by atoms with Crippen molar-refractivity contribution in [2.75, 3.05) is 0 Å². The summed E-state index contributed by atoms with van der Waals surface area (Å²) in [7, 11) is -2.00. The second kappa shape index (κ2) is 7.73. The number of ether oxygens (including phenoxy) is 2. The number of rotatable bonds is 6. The second-order valence-electron chi connectivity index (χ2n) is 7.39. The van der Waals surface area contributed by atoms with Gasteiger partial charge in [0.25, 0.3) is 0 Å². The molecule has 0 bridgehead atoms. The third kappa shape index (κ3) is 4.65. The number of carbonyl (C=O) groups excluding carboxylic acids is 1. The number of carbonyl (C=O) groups is 1. The summed E-state index contributed by atoms with van der Waals surface area (Å²) in [5.74, 6) is -0.325.